The highest BCUT2D eigenvalue weighted by molar-refractivity contribution is 6.35. The number of imide groups is 1. The molecule has 3 amide bonds. The molecule has 5 nitrogen and oxygen atoms in total. The summed E-state index contributed by atoms with van der Waals surface area (Å²) in [5, 5.41) is 4.43. The minimum atomic E-state index is -0.731. The van der Waals surface area contributed by atoms with Gasteiger partial charge in [0.05, 0.1) is 12.1 Å². The third-order valence-electron chi connectivity index (χ3n) is 5.63. The highest BCUT2D eigenvalue weighted by atomic mass is 35.5. The van der Waals surface area contributed by atoms with Gasteiger partial charge in [-0.25, -0.2) is 4.79 Å². The Bertz CT molecular complexity index is 869. The van der Waals surface area contributed by atoms with Gasteiger partial charge in [0.15, 0.2) is 0 Å². The van der Waals surface area contributed by atoms with Crippen LogP contribution in [0.5, 0.6) is 0 Å². The SMILES string of the molecule is C[C@H]1CCCC[C@]12NC(=O)N(Cc1ccc(Cl)c3cccnc13)C2=O. The third-order valence-corrected chi connectivity index (χ3v) is 5.96. The Hall–Kier alpha value is -2.14. The second-order valence-electron chi connectivity index (χ2n) is 7.05. The van der Waals surface area contributed by atoms with Crippen LogP contribution >= 0.6 is 11.6 Å². The molecule has 1 N–H and O–H groups in total. The number of aromatic nitrogens is 1. The van der Waals surface area contributed by atoms with Crippen molar-refractivity contribution in [1.29, 1.82) is 0 Å². The zero-order valence-electron chi connectivity index (χ0n) is 14.1. The van der Waals surface area contributed by atoms with E-state index < -0.39 is 5.54 Å². The summed E-state index contributed by atoms with van der Waals surface area (Å²) in [6, 6.07) is 7.04. The lowest BCUT2D eigenvalue weighted by molar-refractivity contribution is -0.134. The van der Waals surface area contributed by atoms with Crippen molar-refractivity contribution in [3.63, 3.8) is 0 Å². The van der Waals surface area contributed by atoms with E-state index >= 15 is 0 Å². The average Bonchev–Trinajstić information content (AvgIpc) is 2.85. The summed E-state index contributed by atoms with van der Waals surface area (Å²) >= 11 is 6.24. The number of hydrogen-bond acceptors (Lipinski definition) is 3. The van der Waals surface area contributed by atoms with Crippen LogP contribution in [0.25, 0.3) is 10.9 Å². The maximum atomic E-state index is 13.1. The maximum absolute atomic E-state index is 13.1. The number of carbonyl (C=O) groups is 2. The maximum Gasteiger partial charge on any atom is 0.325 e. The normalized spacial score (nSPS) is 26.5. The van der Waals surface area contributed by atoms with Crippen molar-refractivity contribution in [2.75, 3.05) is 0 Å². The Balaban J connectivity index is 1.69. The van der Waals surface area contributed by atoms with Crippen LogP contribution in [-0.2, 0) is 11.3 Å². The van der Waals surface area contributed by atoms with Gasteiger partial charge in [-0.2, -0.15) is 0 Å². The zero-order valence-corrected chi connectivity index (χ0v) is 14.8. The van der Waals surface area contributed by atoms with E-state index in [2.05, 4.69) is 17.2 Å². The molecular formula is C19H20ClN3O2. The van der Waals surface area contributed by atoms with E-state index in [4.69, 9.17) is 11.6 Å². The van der Waals surface area contributed by atoms with Crippen molar-refractivity contribution < 1.29 is 9.59 Å². The van der Waals surface area contributed by atoms with Gasteiger partial charge in [0.2, 0.25) is 0 Å². The Morgan fingerprint density at radius 3 is 2.96 bits per heavy atom. The Morgan fingerprint density at radius 1 is 1.32 bits per heavy atom. The van der Waals surface area contributed by atoms with Gasteiger partial charge in [-0.3, -0.25) is 14.7 Å². The molecule has 1 aromatic heterocycles. The first-order valence-corrected chi connectivity index (χ1v) is 9.07. The summed E-state index contributed by atoms with van der Waals surface area (Å²) in [4.78, 5) is 31.4. The van der Waals surface area contributed by atoms with E-state index in [-0.39, 0.29) is 24.4 Å². The number of urea groups is 1. The van der Waals surface area contributed by atoms with Crippen molar-refractivity contribution in [3.8, 4) is 0 Å². The van der Waals surface area contributed by atoms with Gasteiger partial charge in [0.25, 0.3) is 5.91 Å². The molecule has 1 saturated heterocycles. The van der Waals surface area contributed by atoms with Crippen molar-refractivity contribution in [3.05, 3.63) is 41.0 Å². The first-order valence-electron chi connectivity index (χ1n) is 8.69. The molecule has 2 aliphatic rings. The summed E-state index contributed by atoms with van der Waals surface area (Å²) in [5.74, 6) is 0.0477. The Kier molecular flexibility index (Phi) is 3.91. The fourth-order valence-corrected chi connectivity index (χ4v) is 4.35. The largest absolute Gasteiger partial charge is 0.325 e. The molecule has 1 aliphatic heterocycles. The lowest BCUT2D eigenvalue weighted by Gasteiger charge is -2.36. The highest BCUT2D eigenvalue weighted by Crippen LogP contribution is 2.39. The van der Waals surface area contributed by atoms with Gasteiger partial charge in [-0.15, -0.1) is 0 Å². The smallest absolute Gasteiger partial charge is 0.323 e. The van der Waals surface area contributed by atoms with E-state index in [1.807, 2.05) is 18.2 Å². The number of fused-ring (bicyclic) bond motifs is 1. The summed E-state index contributed by atoms with van der Waals surface area (Å²) in [5.41, 5.74) is 0.822. The topological polar surface area (TPSA) is 62.3 Å². The molecule has 2 fully saturated rings. The lowest BCUT2D eigenvalue weighted by atomic mass is 9.73. The number of nitrogens with zero attached hydrogens (tertiary/aromatic N) is 2. The number of benzene rings is 1. The minimum Gasteiger partial charge on any atom is -0.323 e. The van der Waals surface area contributed by atoms with Crippen LogP contribution in [0.2, 0.25) is 5.02 Å². The van der Waals surface area contributed by atoms with Gasteiger partial charge in [0.1, 0.15) is 5.54 Å². The summed E-state index contributed by atoms with van der Waals surface area (Å²) < 4.78 is 0. The molecule has 2 heterocycles. The van der Waals surface area contributed by atoms with Crippen LogP contribution in [0.15, 0.2) is 30.5 Å². The number of carbonyl (C=O) groups excluding carboxylic acids is 2. The minimum absolute atomic E-state index is 0.108. The first-order chi connectivity index (χ1) is 12.0. The van der Waals surface area contributed by atoms with Crippen LogP contribution < -0.4 is 5.32 Å². The molecule has 2 atom stereocenters. The highest BCUT2D eigenvalue weighted by Gasteiger charge is 2.54. The van der Waals surface area contributed by atoms with Crippen LogP contribution in [0.4, 0.5) is 4.79 Å². The van der Waals surface area contributed by atoms with Gasteiger partial charge < -0.3 is 5.32 Å². The van der Waals surface area contributed by atoms with Crippen molar-refractivity contribution in [2.45, 2.75) is 44.7 Å². The molecule has 1 aliphatic carbocycles. The van der Waals surface area contributed by atoms with E-state index in [1.165, 1.54) is 4.90 Å². The second kappa shape index (κ2) is 5.99. The van der Waals surface area contributed by atoms with E-state index in [9.17, 15) is 9.59 Å². The molecular weight excluding hydrogens is 338 g/mol. The number of hydrogen-bond donors (Lipinski definition) is 1. The van der Waals surface area contributed by atoms with Crippen LogP contribution in [0, 0.1) is 5.92 Å². The van der Waals surface area contributed by atoms with Crippen LogP contribution in [-0.4, -0.2) is 27.4 Å². The number of rotatable bonds is 2. The monoisotopic (exact) mass is 357 g/mol. The molecule has 6 heteroatoms. The molecule has 0 bridgehead atoms. The molecule has 1 saturated carbocycles. The first kappa shape index (κ1) is 16.3. The number of pyridine rings is 1. The van der Waals surface area contributed by atoms with Gasteiger partial charge in [-0.05, 0) is 42.5 Å². The molecule has 4 rings (SSSR count). The van der Waals surface area contributed by atoms with Gasteiger partial charge in [0, 0.05) is 16.6 Å². The molecule has 130 valence electrons. The Labute approximate surface area is 151 Å². The van der Waals surface area contributed by atoms with Gasteiger partial charge >= 0.3 is 6.03 Å². The number of halogens is 1. The number of nitrogens with one attached hydrogen (secondary N) is 1. The standard InChI is InChI=1S/C19H20ClN3O2/c1-12-5-2-3-9-19(12)17(24)23(18(25)22-19)11-13-7-8-15(20)14-6-4-10-21-16(13)14/h4,6-8,10,12H,2-3,5,9,11H2,1H3,(H,22,25)/t12-,19-/m0/s1. The molecule has 1 spiro atoms. The van der Waals surface area contributed by atoms with Crippen molar-refractivity contribution in [1.82, 2.24) is 15.2 Å². The number of amides is 3. The van der Waals surface area contributed by atoms with Crippen molar-refractivity contribution in [2.24, 2.45) is 5.92 Å². The fourth-order valence-electron chi connectivity index (χ4n) is 4.13. The zero-order chi connectivity index (χ0) is 17.6. The molecule has 0 unspecified atom stereocenters. The van der Waals surface area contributed by atoms with E-state index in [0.29, 0.717) is 5.02 Å². The summed E-state index contributed by atoms with van der Waals surface area (Å²) in [6.45, 7) is 2.27. The molecule has 0 radical (unpaired) electrons. The van der Waals surface area contributed by atoms with Crippen molar-refractivity contribution >= 4 is 34.4 Å². The Morgan fingerprint density at radius 2 is 2.16 bits per heavy atom. The predicted octanol–water partition coefficient (Wildman–Crippen LogP) is 3.89. The van der Waals surface area contributed by atoms with Crippen LogP contribution in [0.3, 0.4) is 0 Å². The predicted molar refractivity (Wildman–Crippen MR) is 96.2 cm³/mol. The lowest BCUT2D eigenvalue weighted by Crippen LogP contribution is -2.53. The van der Waals surface area contributed by atoms with Crippen LogP contribution in [0.1, 0.15) is 38.2 Å². The fraction of sp³-hybridized carbons (Fsp3) is 0.421. The molecule has 1 aromatic carbocycles. The average molecular weight is 358 g/mol. The van der Waals surface area contributed by atoms with E-state index in [1.54, 1.807) is 12.3 Å². The third kappa shape index (κ3) is 2.49. The molecule has 25 heavy (non-hydrogen) atoms. The second-order valence-corrected chi connectivity index (χ2v) is 7.45. The molecule has 2 aromatic rings. The summed E-state index contributed by atoms with van der Waals surface area (Å²) in [6.07, 6.45) is 5.45. The summed E-state index contributed by atoms with van der Waals surface area (Å²) in [7, 11) is 0. The van der Waals surface area contributed by atoms with Gasteiger partial charge in [-0.1, -0.05) is 37.4 Å². The van der Waals surface area contributed by atoms with E-state index in [0.717, 1.165) is 42.1 Å². The quantitative estimate of drug-likeness (QED) is 0.829.